The van der Waals surface area contributed by atoms with Gasteiger partial charge < -0.3 is 29.7 Å². The zero-order chi connectivity index (χ0) is 32.2. The molecule has 11 nitrogen and oxygen atoms in total. The number of aliphatic carboxylic acids is 2. The fraction of sp³-hybridized carbons (Fsp3) is 0.296. The van der Waals surface area contributed by atoms with Crippen molar-refractivity contribution in [2.75, 3.05) is 6.54 Å². The van der Waals surface area contributed by atoms with Gasteiger partial charge in [-0.15, -0.1) is 0 Å². The Morgan fingerprint density at radius 2 is 1.64 bits per heavy atom. The second kappa shape index (κ2) is 12.8. The Kier molecular flexibility index (Phi) is 9.39. The van der Waals surface area contributed by atoms with E-state index in [1.165, 1.54) is 12.1 Å². The molecule has 234 valence electrons. The first-order valence-corrected chi connectivity index (χ1v) is 12.7. The Balaban J connectivity index is 0.000000566. The normalized spacial score (nSPS) is 16.5. The van der Waals surface area contributed by atoms with Crippen LogP contribution in [0.15, 0.2) is 57.6 Å². The highest BCUT2D eigenvalue weighted by molar-refractivity contribution is 5.73. The number of rotatable bonds is 7. The first kappa shape index (κ1) is 32.2. The van der Waals surface area contributed by atoms with E-state index >= 15 is 0 Å². The molecular formula is C27H22F6N4O7. The highest BCUT2D eigenvalue weighted by atomic mass is 19.4. The van der Waals surface area contributed by atoms with Crippen LogP contribution in [0.3, 0.4) is 0 Å². The molecule has 0 fully saturated rings. The molecular weight excluding hydrogens is 606 g/mol. The van der Waals surface area contributed by atoms with Crippen LogP contribution in [0.1, 0.15) is 35.6 Å². The average Bonchev–Trinajstić information content (AvgIpc) is 3.62. The lowest BCUT2D eigenvalue weighted by Crippen LogP contribution is -2.39. The van der Waals surface area contributed by atoms with Crippen molar-refractivity contribution in [1.29, 1.82) is 0 Å². The van der Waals surface area contributed by atoms with E-state index in [4.69, 9.17) is 24.1 Å². The highest BCUT2D eigenvalue weighted by Gasteiger charge is 2.43. The number of carboxylic acids is 2. The van der Waals surface area contributed by atoms with Gasteiger partial charge in [0.1, 0.15) is 11.3 Å². The van der Waals surface area contributed by atoms with Crippen molar-refractivity contribution in [3.8, 4) is 34.3 Å². The number of aromatic nitrogens is 3. The Bertz CT molecular complexity index is 1620. The smallest absolute Gasteiger partial charge is 0.481 e. The molecule has 4 aromatic rings. The maximum Gasteiger partial charge on any atom is 0.490 e. The van der Waals surface area contributed by atoms with Gasteiger partial charge in [0, 0.05) is 23.7 Å². The van der Waals surface area contributed by atoms with Crippen molar-refractivity contribution in [3.63, 3.8) is 0 Å². The molecule has 1 aliphatic rings. The van der Waals surface area contributed by atoms with Gasteiger partial charge in [-0.2, -0.15) is 31.3 Å². The molecule has 2 heterocycles. The van der Waals surface area contributed by atoms with Crippen LogP contribution >= 0.6 is 0 Å². The number of benzene rings is 2. The first-order valence-electron chi connectivity index (χ1n) is 12.7. The number of alkyl halides is 6. The van der Waals surface area contributed by atoms with Crippen LogP contribution in [0.2, 0.25) is 0 Å². The van der Waals surface area contributed by atoms with E-state index in [1.807, 2.05) is 0 Å². The number of nitrogens with zero attached hydrogens (tertiary/aromatic N) is 3. The third-order valence-electron chi connectivity index (χ3n) is 6.46. The van der Waals surface area contributed by atoms with E-state index in [-0.39, 0.29) is 36.1 Å². The molecule has 0 aliphatic heterocycles. The molecule has 4 N–H and O–H groups in total. The summed E-state index contributed by atoms with van der Waals surface area (Å²) >= 11 is 0. The van der Waals surface area contributed by atoms with Crippen LogP contribution < -0.4 is 5.32 Å². The summed E-state index contributed by atoms with van der Waals surface area (Å²) in [7, 11) is 0. The molecule has 0 saturated heterocycles. The quantitative estimate of drug-likeness (QED) is 0.200. The van der Waals surface area contributed by atoms with Crippen LogP contribution in [0.25, 0.3) is 34.3 Å². The third kappa shape index (κ3) is 7.41. The monoisotopic (exact) mass is 628 g/mol. The van der Waals surface area contributed by atoms with Crippen molar-refractivity contribution in [2.45, 2.75) is 43.8 Å². The molecule has 2 atom stereocenters. The van der Waals surface area contributed by atoms with Crippen LogP contribution in [-0.2, 0) is 22.2 Å². The zero-order valence-electron chi connectivity index (χ0n) is 22.2. The van der Waals surface area contributed by atoms with Crippen LogP contribution in [0.4, 0.5) is 26.3 Å². The van der Waals surface area contributed by atoms with Crippen molar-refractivity contribution in [2.24, 2.45) is 0 Å². The largest absolute Gasteiger partial charge is 0.490 e. The van der Waals surface area contributed by atoms with Crippen molar-refractivity contribution < 1.29 is 60.3 Å². The number of fused-ring (bicyclic) bond motifs is 1. The molecule has 44 heavy (non-hydrogen) atoms. The van der Waals surface area contributed by atoms with Gasteiger partial charge in [0.2, 0.25) is 11.6 Å². The summed E-state index contributed by atoms with van der Waals surface area (Å²) < 4.78 is 83.8. The summed E-state index contributed by atoms with van der Waals surface area (Å²) in [5.41, 5.74) is 0.743. The fourth-order valence-electron chi connectivity index (χ4n) is 4.44. The summed E-state index contributed by atoms with van der Waals surface area (Å²) in [6.45, 7) is 0.240. The number of halogens is 6. The average molecular weight is 628 g/mol. The Morgan fingerprint density at radius 3 is 2.25 bits per heavy atom. The molecule has 2 aromatic carbocycles. The number of hydrogen-bond donors (Lipinski definition) is 4. The second-order valence-corrected chi connectivity index (χ2v) is 9.43. The van der Waals surface area contributed by atoms with Crippen LogP contribution in [0, 0.1) is 0 Å². The van der Waals surface area contributed by atoms with Crippen molar-refractivity contribution >= 4 is 11.9 Å². The van der Waals surface area contributed by atoms with Gasteiger partial charge in [0.25, 0.3) is 5.89 Å². The van der Waals surface area contributed by atoms with Gasteiger partial charge in [0.05, 0.1) is 12.5 Å². The molecule has 1 aliphatic carbocycles. The SMILES string of the molecule is O=C(O)C(F)(F)F.O=C(O)CCNC1CCc2cc(-c3noc(-c4onc(-c5ccccc5)c4C(F)(F)F)n3)ccc2C1O. The van der Waals surface area contributed by atoms with Gasteiger partial charge in [-0.1, -0.05) is 52.8 Å². The van der Waals surface area contributed by atoms with Crippen molar-refractivity contribution in [1.82, 2.24) is 20.6 Å². The topological polar surface area (TPSA) is 172 Å². The Labute approximate surface area is 243 Å². The maximum atomic E-state index is 14.0. The third-order valence-corrected chi connectivity index (χ3v) is 6.46. The highest BCUT2D eigenvalue weighted by Crippen LogP contribution is 2.43. The maximum absolute atomic E-state index is 14.0. The van der Waals surface area contributed by atoms with Crippen LogP contribution in [0.5, 0.6) is 0 Å². The van der Waals surface area contributed by atoms with Crippen LogP contribution in [-0.4, -0.2) is 61.3 Å². The number of carboxylic acid groups (broad SMARTS) is 2. The Hall–Kier alpha value is -4.77. The summed E-state index contributed by atoms with van der Waals surface area (Å²) in [6, 6.07) is 12.6. The number of hydrogen-bond acceptors (Lipinski definition) is 9. The van der Waals surface area contributed by atoms with Gasteiger partial charge in [-0.3, -0.25) is 4.79 Å². The lowest BCUT2D eigenvalue weighted by atomic mass is 9.85. The Morgan fingerprint density at radius 1 is 0.955 bits per heavy atom. The molecule has 0 amide bonds. The summed E-state index contributed by atoms with van der Waals surface area (Å²) in [5, 5.41) is 37.2. The molecule has 17 heteroatoms. The van der Waals surface area contributed by atoms with E-state index in [9.17, 15) is 36.2 Å². The lowest BCUT2D eigenvalue weighted by molar-refractivity contribution is -0.192. The van der Waals surface area contributed by atoms with Gasteiger partial charge in [-0.25, -0.2) is 4.79 Å². The first-order chi connectivity index (χ1) is 20.7. The van der Waals surface area contributed by atoms with E-state index in [0.29, 0.717) is 24.0 Å². The van der Waals surface area contributed by atoms with Gasteiger partial charge in [0.15, 0.2) is 0 Å². The summed E-state index contributed by atoms with van der Waals surface area (Å²) in [5.74, 6) is -4.76. The summed E-state index contributed by atoms with van der Waals surface area (Å²) in [6.07, 6.45) is -9.59. The molecule has 0 saturated carbocycles. The minimum Gasteiger partial charge on any atom is -0.481 e. The van der Waals surface area contributed by atoms with E-state index in [2.05, 4.69) is 20.6 Å². The number of aliphatic hydroxyl groups excluding tert-OH is 1. The van der Waals surface area contributed by atoms with E-state index in [0.717, 1.165) is 5.56 Å². The predicted octanol–water partition coefficient (Wildman–Crippen LogP) is 5.12. The molecule has 0 bridgehead atoms. The lowest BCUT2D eigenvalue weighted by Gasteiger charge is -2.31. The minimum absolute atomic E-state index is 0.0523. The predicted molar refractivity (Wildman–Crippen MR) is 137 cm³/mol. The molecule has 5 rings (SSSR count). The number of nitrogens with one attached hydrogen (secondary N) is 1. The molecule has 0 radical (unpaired) electrons. The fourth-order valence-corrected chi connectivity index (χ4v) is 4.44. The van der Waals surface area contributed by atoms with E-state index in [1.54, 1.807) is 36.4 Å². The van der Waals surface area contributed by atoms with Crippen molar-refractivity contribution in [3.05, 3.63) is 65.2 Å². The standard InChI is InChI=1S/C25H21F3N4O5.C2HF3O2/c26-25(27,28)19-20(13-4-2-1-3-5-13)31-36-22(19)24-30-23(32-37-24)15-6-8-16-14(12-15)7-9-17(21(16)35)29-11-10-18(33)34;3-2(4,5)1(6)7/h1-6,8,12,17,21,29,35H,7,9-11H2,(H,33,34);(H,6,7). The van der Waals surface area contributed by atoms with Gasteiger partial charge in [-0.05, 0) is 30.0 Å². The van der Waals surface area contributed by atoms with E-state index < -0.39 is 47.6 Å². The molecule has 2 aromatic heterocycles. The zero-order valence-corrected chi connectivity index (χ0v) is 22.2. The molecule has 0 spiro atoms. The number of aliphatic hydroxyl groups is 1. The minimum atomic E-state index is -5.08. The second-order valence-electron chi connectivity index (χ2n) is 9.43. The number of carbonyl (C=O) groups is 2. The number of aryl methyl sites for hydroxylation is 1. The summed E-state index contributed by atoms with van der Waals surface area (Å²) in [4.78, 5) is 23.8. The van der Waals surface area contributed by atoms with Gasteiger partial charge >= 0.3 is 24.3 Å². The molecule has 2 unspecified atom stereocenters.